The minimum Gasteiger partial charge on any atom is -0.464 e. The van der Waals surface area contributed by atoms with Crippen LogP contribution in [0.25, 0.3) is 5.57 Å². The maximum Gasteiger partial charge on any atom is 0.316 e. The number of benzene rings is 1. The Labute approximate surface area is 149 Å². The summed E-state index contributed by atoms with van der Waals surface area (Å²) in [5.41, 5.74) is 3.93. The fraction of sp³-hybridized carbons (Fsp3) is 0.429. The predicted molar refractivity (Wildman–Crippen MR) is 99.2 cm³/mol. The summed E-state index contributed by atoms with van der Waals surface area (Å²) in [6, 6.07) is 12.4. The highest BCUT2D eigenvalue weighted by Crippen LogP contribution is 2.37. The third kappa shape index (κ3) is 3.59. The fourth-order valence-corrected chi connectivity index (χ4v) is 4.06. The molecule has 1 saturated heterocycles. The Hall–Kier alpha value is -2.20. The number of rotatable bonds is 5. The molecule has 4 heteroatoms. The van der Waals surface area contributed by atoms with Crippen LogP contribution in [0.4, 0.5) is 0 Å². The maximum atomic E-state index is 5.36. The van der Waals surface area contributed by atoms with E-state index < -0.39 is 0 Å². The van der Waals surface area contributed by atoms with Crippen molar-refractivity contribution in [3.63, 3.8) is 0 Å². The molecule has 0 amide bonds. The van der Waals surface area contributed by atoms with Crippen LogP contribution < -0.4 is 4.74 Å². The van der Waals surface area contributed by atoms with Gasteiger partial charge in [0.25, 0.3) is 0 Å². The van der Waals surface area contributed by atoms with E-state index in [4.69, 9.17) is 4.74 Å². The van der Waals surface area contributed by atoms with Crippen LogP contribution in [0.2, 0.25) is 0 Å². The first-order valence-electron chi connectivity index (χ1n) is 9.29. The van der Waals surface area contributed by atoms with Crippen molar-refractivity contribution in [1.29, 1.82) is 0 Å². The molecule has 2 aliphatic rings. The van der Waals surface area contributed by atoms with Crippen molar-refractivity contribution in [2.24, 2.45) is 0 Å². The first-order chi connectivity index (χ1) is 12.3. The Morgan fingerprint density at radius 1 is 1.12 bits per heavy atom. The van der Waals surface area contributed by atoms with Gasteiger partial charge in [-0.3, -0.25) is 4.90 Å². The molecule has 4 rings (SSSR count). The average molecular weight is 335 g/mol. The van der Waals surface area contributed by atoms with Crippen LogP contribution in [0.5, 0.6) is 6.01 Å². The highest BCUT2D eigenvalue weighted by Gasteiger charge is 2.34. The van der Waals surface area contributed by atoms with E-state index in [1.165, 1.54) is 30.4 Å². The Kier molecular flexibility index (Phi) is 4.79. The third-order valence-electron chi connectivity index (χ3n) is 5.26. The van der Waals surface area contributed by atoms with Gasteiger partial charge in [-0.2, -0.15) is 0 Å². The van der Waals surface area contributed by atoms with Crippen molar-refractivity contribution in [1.82, 2.24) is 14.9 Å². The molecule has 4 nitrogen and oxygen atoms in total. The van der Waals surface area contributed by atoms with Gasteiger partial charge in [0, 0.05) is 36.6 Å². The standard InChI is InChI=1S/C21H25N3O/c1-2-25-21-22-13-18(14-23-21)17-11-19-9-6-10-20(12-17)24(19)15-16-7-4-3-5-8-16/h3-5,7-8,11,13-14,19-20H,2,6,9-10,12,15H2,1H3. The van der Waals surface area contributed by atoms with Gasteiger partial charge in [0.15, 0.2) is 0 Å². The van der Waals surface area contributed by atoms with Crippen molar-refractivity contribution in [3.05, 3.63) is 59.9 Å². The zero-order valence-electron chi connectivity index (χ0n) is 14.8. The van der Waals surface area contributed by atoms with Crippen LogP contribution in [-0.4, -0.2) is 33.6 Å². The Balaban J connectivity index is 1.54. The molecule has 2 atom stereocenters. The van der Waals surface area contributed by atoms with Gasteiger partial charge in [-0.05, 0) is 37.3 Å². The minimum absolute atomic E-state index is 0.466. The molecule has 0 radical (unpaired) electrons. The largest absolute Gasteiger partial charge is 0.464 e. The Morgan fingerprint density at radius 2 is 1.92 bits per heavy atom. The van der Waals surface area contributed by atoms with E-state index in [0.717, 1.165) is 18.5 Å². The van der Waals surface area contributed by atoms with Crippen molar-refractivity contribution in [2.45, 2.75) is 51.2 Å². The number of nitrogens with zero attached hydrogens (tertiary/aromatic N) is 3. The van der Waals surface area contributed by atoms with E-state index in [2.05, 4.69) is 51.3 Å². The van der Waals surface area contributed by atoms with Gasteiger partial charge in [0.2, 0.25) is 0 Å². The van der Waals surface area contributed by atoms with Gasteiger partial charge in [-0.15, -0.1) is 0 Å². The van der Waals surface area contributed by atoms with Crippen LogP contribution >= 0.6 is 0 Å². The van der Waals surface area contributed by atoms with Crippen molar-refractivity contribution in [3.8, 4) is 6.01 Å². The molecule has 0 saturated carbocycles. The van der Waals surface area contributed by atoms with E-state index in [9.17, 15) is 0 Å². The van der Waals surface area contributed by atoms with E-state index in [0.29, 0.717) is 24.7 Å². The average Bonchev–Trinajstić information content (AvgIpc) is 2.63. The van der Waals surface area contributed by atoms with E-state index in [-0.39, 0.29) is 0 Å². The molecular weight excluding hydrogens is 310 g/mol. The number of ether oxygens (including phenoxy) is 1. The number of hydrogen-bond acceptors (Lipinski definition) is 4. The lowest BCUT2D eigenvalue weighted by Gasteiger charge is -2.45. The van der Waals surface area contributed by atoms with Gasteiger partial charge in [-0.25, -0.2) is 9.97 Å². The summed E-state index contributed by atoms with van der Waals surface area (Å²) < 4.78 is 5.36. The quantitative estimate of drug-likeness (QED) is 0.825. The smallest absolute Gasteiger partial charge is 0.316 e. The van der Waals surface area contributed by atoms with Crippen LogP contribution in [0.15, 0.2) is 48.8 Å². The van der Waals surface area contributed by atoms with Crippen LogP contribution in [0.1, 0.15) is 43.7 Å². The lowest BCUT2D eigenvalue weighted by atomic mass is 9.83. The second kappa shape index (κ2) is 7.36. The molecule has 2 aromatic rings. The maximum absolute atomic E-state index is 5.36. The summed E-state index contributed by atoms with van der Waals surface area (Å²) in [5.74, 6) is 0. The molecule has 0 spiro atoms. The van der Waals surface area contributed by atoms with Gasteiger partial charge < -0.3 is 4.74 Å². The Morgan fingerprint density at radius 3 is 2.64 bits per heavy atom. The third-order valence-corrected chi connectivity index (χ3v) is 5.26. The van der Waals surface area contributed by atoms with Gasteiger partial charge >= 0.3 is 6.01 Å². The summed E-state index contributed by atoms with van der Waals surface area (Å²) in [6.45, 7) is 3.59. The van der Waals surface area contributed by atoms with Crippen molar-refractivity contribution < 1.29 is 4.74 Å². The molecule has 2 aliphatic heterocycles. The van der Waals surface area contributed by atoms with Gasteiger partial charge in [0.05, 0.1) is 6.61 Å². The summed E-state index contributed by atoms with van der Waals surface area (Å²) in [7, 11) is 0. The minimum atomic E-state index is 0.466. The van der Waals surface area contributed by atoms with Crippen LogP contribution in [0.3, 0.4) is 0 Å². The zero-order valence-corrected chi connectivity index (χ0v) is 14.8. The lowest BCUT2D eigenvalue weighted by Crippen LogP contribution is -2.47. The second-order valence-corrected chi connectivity index (χ2v) is 6.89. The topological polar surface area (TPSA) is 38.2 Å². The summed E-state index contributed by atoms with van der Waals surface area (Å²) in [4.78, 5) is 11.4. The van der Waals surface area contributed by atoms with Gasteiger partial charge in [-0.1, -0.05) is 42.8 Å². The first kappa shape index (κ1) is 16.3. The molecule has 1 aromatic carbocycles. The SMILES string of the molecule is CCOc1ncc(C2=CC3CCCC(C2)N3Cc2ccccc2)cn1. The number of aromatic nitrogens is 2. The van der Waals surface area contributed by atoms with Crippen molar-refractivity contribution >= 4 is 5.57 Å². The molecule has 0 aliphatic carbocycles. The molecule has 25 heavy (non-hydrogen) atoms. The normalized spacial score (nSPS) is 23.2. The van der Waals surface area contributed by atoms with E-state index in [1.54, 1.807) is 0 Å². The van der Waals surface area contributed by atoms with Crippen LogP contribution in [-0.2, 0) is 6.54 Å². The van der Waals surface area contributed by atoms with E-state index >= 15 is 0 Å². The van der Waals surface area contributed by atoms with Gasteiger partial charge in [0.1, 0.15) is 0 Å². The van der Waals surface area contributed by atoms with E-state index in [1.807, 2.05) is 19.3 Å². The summed E-state index contributed by atoms with van der Waals surface area (Å²) in [6.07, 6.45) is 11.2. The monoisotopic (exact) mass is 335 g/mol. The van der Waals surface area contributed by atoms with Crippen LogP contribution in [0, 0.1) is 0 Å². The van der Waals surface area contributed by atoms with Crippen molar-refractivity contribution in [2.75, 3.05) is 6.61 Å². The molecule has 1 aromatic heterocycles. The number of hydrogen-bond donors (Lipinski definition) is 0. The molecular formula is C21H25N3O. The first-order valence-corrected chi connectivity index (χ1v) is 9.29. The zero-order chi connectivity index (χ0) is 17.1. The second-order valence-electron chi connectivity index (χ2n) is 6.89. The predicted octanol–water partition coefficient (Wildman–Crippen LogP) is 4.09. The highest BCUT2D eigenvalue weighted by molar-refractivity contribution is 5.66. The number of piperidine rings is 1. The lowest BCUT2D eigenvalue weighted by molar-refractivity contribution is 0.0951. The summed E-state index contributed by atoms with van der Waals surface area (Å²) >= 11 is 0. The fourth-order valence-electron chi connectivity index (χ4n) is 4.06. The molecule has 0 N–H and O–H groups in total. The molecule has 3 heterocycles. The molecule has 1 fully saturated rings. The highest BCUT2D eigenvalue weighted by atomic mass is 16.5. The molecule has 2 bridgehead atoms. The molecule has 2 unspecified atom stereocenters. The Bertz CT molecular complexity index is 727. The summed E-state index contributed by atoms with van der Waals surface area (Å²) in [5, 5.41) is 0. The number of fused-ring (bicyclic) bond motifs is 2. The molecule has 130 valence electrons.